The molecule has 0 bridgehead atoms. The highest BCUT2D eigenvalue weighted by Crippen LogP contribution is 2.19. The van der Waals surface area contributed by atoms with Crippen molar-refractivity contribution in [3.05, 3.63) is 71.6 Å². The van der Waals surface area contributed by atoms with Crippen molar-refractivity contribution in [3.63, 3.8) is 0 Å². The number of aromatic nitrogens is 5. The van der Waals surface area contributed by atoms with Gasteiger partial charge in [0, 0.05) is 11.4 Å². The summed E-state index contributed by atoms with van der Waals surface area (Å²) in [6.07, 6.45) is 3.38. The third-order valence-corrected chi connectivity index (χ3v) is 4.63. The molecule has 0 atom stereocenters. The zero-order chi connectivity index (χ0) is 21.3. The van der Waals surface area contributed by atoms with Crippen LogP contribution in [0.1, 0.15) is 31.0 Å². The van der Waals surface area contributed by atoms with E-state index >= 15 is 0 Å². The quantitative estimate of drug-likeness (QED) is 0.526. The second kappa shape index (κ2) is 8.02. The number of halogens is 2. The number of nitrogens with one attached hydrogen (secondary N) is 1. The molecule has 30 heavy (non-hydrogen) atoms. The van der Waals surface area contributed by atoms with Gasteiger partial charge in [0.15, 0.2) is 17.5 Å². The topological polar surface area (TPSA) is 77.6 Å². The molecule has 0 aliphatic carbocycles. The first kappa shape index (κ1) is 19.7. The summed E-state index contributed by atoms with van der Waals surface area (Å²) in [6.45, 7) is 4.28. The number of carbonyl (C=O) groups excluding carboxylic acids is 1. The summed E-state index contributed by atoms with van der Waals surface area (Å²) in [4.78, 5) is 13.7. The van der Waals surface area contributed by atoms with Crippen molar-refractivity contribution in [2.75, 3.05) is 5.32 Å². The Hall–Kier alpha value is -3.62. The van der Waals surface area contributed by atoms with E-state index < -0.39 is 11.6 Å². The highest BCUT2D eigenvalue weighted by molar-refractivity contribution is 5.92. The van der Waals surface area contributed by atoms with Gasteiger partial charge in [0.25, 0.3) is 0 Å². The van der Waals surface area contributed by atoms with Gasteiger partial charge in [0.05, 0.1) is 30.9 Å². The van der Waals surface area contributed by atoms with E-state index in [4.69, 9.17) is 0 Å². The van der Waals surface area contributed by atoms with E-state index in [9.17, 15) is 13.6 Å². The molecule has 2 aromatic carbocycles. The Bertz CT molecular complexity index is 1210. The van der Waals surface area contributed by atoms with Crippen molar-refractivity contribution in [2.45, 2.75) is 32.9 Å². The molecule has 0 aliphatic rings. The highest BCUT2D eigenvalue weighted by atomic mass is 19.2. The lowest BCUT2D eigenvalue weighted by molar-refractivity contribution is -0.115. The van der Waals surface area contributed by atoms with Crippen molar-refractivity contribution >= 4 is 22.6 Å². The smallest absolute Gasteiger partial charge is 0.230 e. The van der Waals surface area contributed by atoms with Crippen LogP contribution in [0.3, 0.4) is 0 Å². The van der Waals surface area contributed by atoms with E-state index in [-0.39, 0.29) is 30.7 Å². The number of hydrogen-bond acceptors (Lipinski definition) is 4. The molecule has 1 amide bonds. The Morgan fingerprint density at radius 3 is 2.60 bits per heavy atom. The van der Waals surface area contributed by atoms with Gasteiger partial charge in [-0.25, -0.2) is 8.78 Å². The van der Waals surface area contributed by atoms with E-state index in [1.54, 1.807) is 6.20 Å². The molecule has 0 spiro atoms. The van der Waals surface area contributed by atoms with Gasteiger partial charge in [-0.3, -0.25) is 9.48 Å². The monoisotopic (exact) mass is 410 g/mol. The van der Waals surface area contributed by atoms with Crippen LogP contribution >= 0.6 is 0 Å². The van der Waals surface area contributed by atoms with Crippen molar-refractivity contribution in [1.82, 2.24) is 24.8 Å². The fraction of sp³-hybridized carbons (Fsp3) is 0.238. The summed E-state index contributed by atoms with van der Waals surface area (Å²) in [6, 6.07) is 9.67. The molecular weight excluding hydrogens is 390 g/mol. The lowest BCUT2D eigenvalue weighted by atomic mass is 10.1. The number of carbonyl (C=O) groups is 1. The molecule has 4 aromatic rings. The average Bonchev–Trinajstić information content (AvgIpc) is 3.31. The Kier molecular flexibility index (Phi) is 5.26. The largest absolute Gasteiger partial charge is 0.308 e. The summed E-state index contributed by atoms with van der Waals surface area (Å²) in [5.41, 5.74) is 2.39. The average molecular weight is 410 g/mol. The molecule has 2 heterocycles. The molecule has 7 nitrogen and oxygen atoms in total. The summed E-state index contributed by atoms with van der Waals surface area (Å²) < 4.78 is 28.3. The molecule has 0 saturated heterocycles. The lowest BCUT2D eigenvalue weighted by Crippen LogP contribution is -2.15. The van der Waals surface area contributed by atoms with Gasteiger partial charge >= 0.3 is 0 Å². The van der Waals surface area contributed by atoms with Gasteiger partial charge in [-0.05, 0) is 49.2 Å². The first-order valence-electron chi connectivity index (χ1n) is 9.49. The van der Waals surface area contributed by atoms with Gasteiger partial charge in [-0.15, -0.1) is 5.10 Å². The number of amides is 1. The number of nitrogens with zero attached hydrogens (tertiary/aromatic N) is 5. The molecule has 0 unspecified atom stereocenters. The van der Waals surface area contributed by atoms with E-state index in [1.165, 1.54) is 17.1 Å². The maximum atomic E-state index is 13.3. The molecule has 0 saturated carbocycles. The second-order valence-electron chi connectivity index (χ2n) is 7.31. The maximum absolute atomic E-state index is 13.3. The third-order valence-electron chi connectivity index (χ3n) is 4.63. The summed E-state index contributed by atoms with van der Waals surface area (Å²) in [5, 5.41) is 16.3. The SMILES string of the molecule is CC(C)n1ncc2cc(CC(=O)Nc3cnn(Cc4ccc(F)c(F)c4)n3)ccc21. The van der Waals surface area contributed by atoms with Crippen LogP contribution < -0.4 is 5.32 Å². The maximum Gasteiger partial charge on any atom is 0.230 e. The first-order valence-corrected chi connectivity index (χ1v) is 9.49. The van der Waals surface area contributed by atoms with E-state index in [0.29, 0.717) is 5.56 Å². The number of rotatable bonds is 6. The fourth-order valence-electron chi connectivity index (χ4n) is 3.23. The summed E-state index contributed by atoms with van der Waals surface area (Å²) in [7, 11) is 0. The van der Waals surface area contributed by atoms with Crippen LogP contribution in [0.2, 0.25) is 0 Å². The summed E-state index contributed by atoms with van der Waals surface area (Å²) >= 11 is 0. The van der Waals surface area contributed by atoms with Crippen molar-refractivity contribution < 1.29 is 13.6 Å². The van der Waals surface area contributed by atoms with E-state index in [0.717, 1.165) is 28.6 Å². The lowest BCUT2D eigenvalue weighted by Gasteiger charge is -2.07. The van der Waals surface area contributed by atoms with Crippen molar-refractivity contribution in [1.29, 1.82) is 0 Å². The number of benzene rings is 2. The zero-order valence-electron chi connectivity index (χ0n) is 16.5. The molecule has 9 heteroatoms. The van der Waals surface area contributed by atoms with Crippen LogP contribution in [0.4, 0.5) is 14.6 Å². The minimum atomic E-state index is -0.927. The molecule has 0 fully saturated rings. The van der Waals surface area contributed by atoms with E-state index in [1.807, 2.05) is 22.9 Å². The summed E-state index contributed by atoms with van der Waals surface area (Å²) in [5.74, 6) is -1.78. The van der Waals surface area contributed by atoms with Crippen LogP contribution in [-0.4, -0.2) is 30.7 Å². The predicted molar refractivity (Wildman–Crippen MR) is 108 cm³/mol. The Morgan fingerprint density at radius 1 is 1.03 bits per heavy atom. The normalized spacial score (nSPS) is 11.4. The van der Waals surface area contributed by atoms with Crippen LogP contribution in [0.25, 0.3) is 10.9 Å². The molecule has 154 valence electrons. The second-order valence-corrected chi connectivity index (χ2v) is 7.31. The Labute approximate surface area is 171 Å². The first-order chi connectivity index (χ1) is 14.4. The van der Waals surface area contributed by atoms with Crippen molar-refractivity contribution in [3.8, 4) is 0 Å². The predicted octanol–water partition coefficient (Wildman–Crippen LogP) is 3.72. The molecule has 1 N–H and O–H groups in total. The highest BCUT2D eigenvalue weighted by Gasteiger charge is 2.11. The van der Waals surface area contributed by atoms with Gasteiger partial charge in [-0.1, -0.05) is 12.1 Å². The molecule has 0 radical (unpaired) electrons. The molecule has 4 rings (SSSR count). The minimum Gasteiger partial charge on any atom is -0.308 e. The van der Waals surface area contributed by atoms with Crippen LogP contribution in [0.5, 0.6) is 0 Å². The fourth-order valence-corrected chi connectivity index (χ4v) is 3.23. The Morgan fingerprint density at radius 2 is 1.83 bits per heavy atom. The van der Waals surface area contributed by atoms with Crippen LogP contribution in [-0.2, 0) is 17.8 Å². The minimum absolute atomic E-state index is 0.156. The zero-order valence-corrected chi connectivity index (χ0v) is 16.5. The van der Waals surface area contributed by atoms with E-state index in [2.05, 4.69) is 34.5 Å². The van der Waals surface area contributed by atoms with Gasteiger partial charge in [0.1, 0.15) is 0 Å². The van der Waals surface area contributed by atoms with Gasteiger partial charge in [0.2, 0.25) is 5.91 Å². The standard InChI is InChI=1S/C21H20F2N6O/c1-13(2)29-19-6-4-14(7-16(19)10-25-29)9-21(30)26-20-11-24-28(27-20)12-15-3-5-17(22)18(23)8-15/h3-8,10-11,13H,9,12H2,1-2H3,(H,26,27,30). The molecule has 2 aromatic heterocycles. The molecular formula is C21H20F2N6O. The third kappa shape index (κ3) is 4.19. The van der Waals surface area contributed by atoms with Gasteiger partial charge < -0.3 is 5.32 Å². The number of fused-ring (bicyclic) bond motifs is 1. The van der Waals surface area contributed by atoms with Crippen molar-refractivity contribution in [2.24, 2.45) is 0 Å². The molecule has 0 aliphatic heterocycles. The van der Waals surface area contributed by atoms with Crippen LogP contribution in [0.15, 0.2) is 48.8 Å². The Balaban J connectivity index is 1.39. The number of anilines is 1. The van der Waals surface area contributed by atoms with Crippen LogP contribution in [0, 0.1) is 11.6 Å². The van der Waals surface area contributed by atoms with Gasteiger partial charge in [-0.2, -0.15) is 15.0 Å². The number of hydrogen-bond donors (Lipinski definition) is 1.